The van der Waals surface area contributed by atoms with E-state index in [4.69, 9.17) is 0 Å². The largest absolute Gasteiger partial charge is 4.00 e. The molecule has 4 aromatic carbocycles. The predicted molar refractivity (Wildman–Crippen MR) is 153 cm³/mol. The average Bonchev–Trinajstić information content (AvgIpc) is 3.30. The van der Waals surface area contributed by atoms with Crippen molar-refractivity contribution in [2.75, 3.05) is 0 Å². The molecule has 188 valence electrons. The molecule has 0 saturated heterocycles. The van der Waals surface area contributed by atoms with Crippen LogP contribution in [0.2, 0.25) is 0 Å². The molecule has 35 heavy (non-hydrogen) atoms. The summed E-state index contributed by atoms with van der Waals surface area (Å²) in [6.45, 7) is 18.8. The molecule has 0 spiro atoms. The van der Waals surface area contributed by atoms with Crippen molar-refractivity contribution in [3.8, 4) is 0 Å². The average molecular weight is 592 g/mol. The van der Waals surface area contributed by atoms with E-state index in [9.17, 15) is 0 Å². The molecule has 0 saturated carbocycles. The standard InChI is InChI=1S/2C15H20P.2FH.Zr/c2*1-11(2)16(12(3)4)15-9-13-7-5-6-8-14(13)10-15;;;/h2*5-12H,1-4H3;2*1H;/q2*-1;;;+4/p-2. The summed E-state index contributed by atoms with van der Waals surface area (Å²) in [7, 11) is -0.0412. The maximum atomic E-state index is 2.39. The zero-order chi connectivity index (χ0) is 23.4. The summed E-state index contributed by atoms with van der Waals surface area (Å²) in [4.78, 5) is 0. The Hall–Kier alpha value is -0.737. The second kappa shape index (κ2) is 15.5. The predicted octanol–water partition coefficient (Wildman–Crippen LogP) is 2.97. The van der Waals surface area contributed by atoms with Crippen LogP contribution in [0, 0.1) is 0 Å². The number of benzene rings is 2. The molecule has 4 aromatic rings. The molecule has 0 unspecified atom stereocenters. The fourth-order valence-corrected chi connectivity index (χ4v) is 10.9. The summed E-state index contributed by atoms with van der Waals surface area (Å²) in [5, 5.41) is 8.72. The van der Waals surface area contributed by atoms with Gasteiger partial charge in [-0.3, -0.25) is 0 Å². The van der Waals surface area contributed by atoms with Crippen molar-refractivity contribution < 1.29 is 35.6 Å². The van der Waals surface area contributed by atoms with Crippen LogP contribution >= 0.6 is 15.8 Å². The summed E-state index contributed by atoms with van der Waals surface area (Å²) in [6.07, 6.45) is 0. The molecule has 0 fully saturated rings. The number of hydrogen-bond donors (Lipinski definition) is 0. The van der Waals surface area contributed by atoms with Gasteiger partial charge in [0.15, 0.2) is 0 Å². The molecule has 0 radical (unpaired) electrons. The fraction of sp³-hybridized carbons (Fsp3) is 0.400. The van der Waals surface area contributed by atoms with E-state index < -0.39 is 0 Å². The van der Waals surface area contributed by atoms with Gasteiger partial charge in [0.25, 0.3) is 0 Å². The van der Waals surface area contributed by atoms with Gasteiger partial charge in [0, 0.05) is 0 Å². The molecule has 0 nitrogen and oxygen atoms in total. The van der Waals surface area contributed by atoms with Crippen LogP contribution in [0.25, 0.3) is 21.5 Å². The van der Waals surface area contributed by atoms with Crippen molar-refractivity contribution in [2.45, 2.75) is 78.0 Å². The summed E-state index contributed by atoms with van der Waals surface area (Å²) in [6, 6.07) is 26.9. The van der Waals surface area contributed by atoms with Crippen molar-refractivity contribution in [2.24, 2.45) is 0 Å². The van der Waals surface area contributed by atoms with Gasteiger partial charge in [-0.15, -0.1) is 80.7 Å². The Labute approximate surface area is 233 Å². The van der Waals surface area contributed by atoms with Gasteiger partial charge in [-0.1, -0.05) is 83.4 Å². The maximum Gasteiger partial charge on any atom is 4.00 e. The van der Waals surface area contributed by atoms with E-state index in [1.807, 2.05) is 0 Å². The molecule has 0 atom stereocenters. The van der Waals surface area contributed by atoms with Gasteiger partial charge < -0.3 is 9.41 Å². The van der Waals surface area contributed by atoms with Crippen LogP contribution in [0.4, 0.5) is 0 Å². The van der Waals surface area contributed by atoms with Gasteiger partial charge in [-0.05, 0) is 22.6 Å². The summed E-state index contributed by atoms with van der Waals surface area (Å²) < 4.78 is 0. The monoisotopic (exact) mass is 590 g/mol. The van der Waals surface area contributed by atoms with Gasteiger partial charge in [0.1, 0.15) is 0 Å². The molecule has 0 heterocycles. The van der Waals surface area contributed by atoms with Crippen molar-refractivity contribution in [1.29, 1.82) is 0 Å². The van der Waals surface area contributed by atoms with Crippen molar-refractivity contribution in [3.63, 3.8) is 0 Å². The van der Waals surface area contributed by atoms with E-state index in [2.05, 4.69) is 128 Å². The third kappa shape index (κ3) is 8.66. The topological polar surface area (TPSA) is 0 Å². The Morgan fingerprint density at radius 1 is 0.514 bits per heavy atom. The number of halogens is 2. The SMILES string of the molecule is CC(C)P(c1cc2ccccc2[cH-]1)C(C)C.CC(C)P(c1cc2ccccc2[cH-]1)C(C)C.[F-].[F-].[Zr+4]. The van der Waals surface area contributed by atoms with Crippen molar-refractivity contribution in [1.82, 2.24) is 0 Å². The first-order chi connectivity index (χ1) is 15.2. The smallest absolute Gasteiger partial charge is 1.00 e. The van der Waals surface area contributed by atoms with Crippen LogP contribution in [0.15, 0.2) is 72.8 Å². The Bertz CT molecular complexity index is 956. The van der Waals surface area contributed by atoms with E-state index in [-0.39, 0.29) is 51.5 Å². The Morgan fingerprint density at radius 3 is 1.06 bits per heavy atom. The Kier molecular flexibility index (Phi) is 15.2. The molecule has 4 rings (SSSR count). The first kappa shape index (κ1) is 34.3. The zero-order valence-electron chi connectivity index (χ0n) is 22.4. The third-order valence-electron chi connectivity index (χ3n) is 6.03. The van der Waals surface area contributed by atoms with Crippen LogP contribution < -0.4 is 20.0 Å². The van der Waals surface area contributed by atoms with E-state index in [1.54, 1.807) is 10.6 Å². The molecule has 5 heteroatoms. The molecular weight excluding hydrogens is 551 g/mol. The van der Waals surface area contributed by atoms with Gasteiger partial charge in [-0.2, -0.15) is 12.1 Å². The number of hydrogen-bond acceptors (Lipinski definition) is 0. The van der Waals surface area contributed by atoms with Crippen LogP contribution in [0.5, 0.6) is 0 Å². The summed E-state index contributed by atoms with van der Waals surface area (Å²) in [5.41, 5.74) is 3.08. The normalized spacial score (nSPS) is 11.1. The molecule has 0 N–H and O–H groups in total. The van der Waals surface area contributed by atoms with E-state index >= 15 is 0 Å². The fourth-order valence-electron chi connectivity index (χ4n) is 4.95. The molecule has 0 amide bonds. The molecular formula is C30H40F2P2Zr. The Morgan fingerprint density at radius 2 is 0.800 bits per heavy atom. The Balaban J connectivity index is 0.000000608. The van der Waals surface area contributed by atoms with E-state index in [1.165, 1.54) is 21.5 Å². The van der Waals surface area contributed by atoms with Gasteiger partial charge >= 0.3 is 26.2 Å². The number of rotatable bonds is 6. The van der Waals surface area contributed by atoms with Crippen molar-refractivity contribution >= 4 is 48.0 Å². The minimum Gasteiger partial charge on any atom is -1.00 e. The second-order valence-electron chi connectivity index (χ2n) is 9.87. The minimum absolute atomic E-state index is 0. The number of fused-ring (bicyclic) bond motifs is 2. The van der Waals surface area contributed by atoms with Gasteiger partial charge in [0.05, 0.1) is 0 Å². The van der Waals surface area contributed by atoms with Crippen molar-refractivity contribution in [3.05, 3.63) is 72.8 Å². The molecule has 0 aliphatic carbocycles. The third-order valence-corrected chi connectivity index (χ3v) is 12.2. The second-order valence-corrected chi connectivity index (χ2v) is 16.7. The minimum atomic E-state index is -0.0206. The van der Waals surface area contributed by atoms with Crippen LogP contribution in [0.1, 0.15) is 55.4 Å². The zero-order valence-corrected chi connectivity index (χ0v) is 26.6. The van der Waals surface area contributed by atoms with E-state index in [0.29, 0.717) is 0 Å². The van der Waals surface area contributed by atoms with Crippen LogP contribution in [-0.4, -0.2) is 22.6 Å². The van der Waals surface area contributed by atoms with Crippen LogP contribution in [-0.2, 0) is 26.2 Å². The maximum absolute atomic E-state index is 2.39. The quantitative estimate of drug-likeness (QED) is 0.239. The summed E-state index contributed by atoms with van der Waals surface area (Å²) in [5.74, 6) is 0. The molecule has 0 aliphatic heterocycles. The van der Waals surface area contributed by atoms with Gasteiger partial charge in [0.2, 0.25) is 0 Å². The van der Waals surface area contributed by atoms with Crippen LogP contribution in [0.3, 0.4) is 0 Å². The molecule has 0 bridgehead atoms. The van der Waals surface area contributed by atoms with Gasteiger partial charge in [-0.25, -0.2) is 0 Å². The molecule has 0 aromatic heterocycles. The first-order valence-electron chi connectivity index (χ1n) is 12.1. The first-order valence-corrected chi connectivity index (χ1v) is 15.0. The molecule has 0 aliphatic rings. The van der Waals surface area contributed by atoms with E-state index in [0.717, 1.165) is 22.6 Å². The summed E-state index contributed by atoms with van der Waals surface area (Å²) >= 11 is 0.